The van der Waals surface area contributed by atoms with E-state index in [0.29, 0.717) is 5.75 Å². The van der Waals surface area contributed by atoms with E-state index < -0.39 is 10.9 Å². The Morgan fingerprint density at radius 1 is 1.32 bits per heavy atom. The molecule has 1 aromatic rings. The van der Waals surface area contributed by atoms with Crippen LogP contribution in [0.1, 0.15) is 30.6 Å². The number of ether oxygens (including phenoxy) is 2. The largest absolute Gasteiger partial charge is 0.490 e. The van der Waals surface area contributed by atoms with Crippen molar-refractivity contribution in [2.75, 3.05) is 13.2 Å². The summed E-state index contributed by atoms with van der Waals surface area (Å²) in [4.78, 5) is 33.2. The van der Waals surface area contributed by atoms with Crippen LogP contribution in [0, 0.1) is 10.1 Å². The number of benzene rings is 1. The molecule has 7 nitrogen and oxygen atoms in total. The molecule has 7 heteroatoms. The number of ketones is 1. The Bertz CT molecular complexity index is 608. The van der Waals surface area contributed by atoms with Gasteiger partial charge in [-0.25, -0.2) is 4.79 Å². The topological polar surface area (TPSA) is 95.7 Å². The third kappa shape index (κ3) is 4.69. The van der Waals surface area contributed by atoms with Gasteiger partial charge in [0.15, 0.2) is 5.78 Å². The number of nitro groups is 1. The van der Waals surface area contributed by atoms with E-state index in [0.717, 1.165) is 0 Å². The fourth-order valence-corrected chi connectivity index (χ4v) is 1.60. The summed E-state index contributed by atoms with van der Waals surface area (Å²) in [7, 11) is 0. The highest BCUT2D eigenvalue weighted by molar-refractivity contribution is 6.00. The molecule has 0 aliphatic rings. The first kappa shape index (κ1) is 17.4. The average Bonchev–Trinajstić information content (AvgIpc) is 2.49. The summed E-state index contributed by atoms with van der Waals surface area (Å²) in [6.45, 7) is 6.67. The number of esters is 1. The number of Topliss-reactive ketones (excluding diaryl/α,β-unsaturated/α-hetero) is 1. The van der Waals surface area contributed by atoms with E-state index in [4.69, 9.17) is 9.47 Å². The molecule has 0 saturated heterocycles. The van der Waals surface area contributed by atoms with Crippen molar-refractivity contribution in [2.24, 2.45) is 0 Å². The molecule has 0 aliphatic heterocycles. The highest BCUT2D eigenvalue weighted by atomic mass is 16.6. The van der Waals surface area contributed by atoms with Crippen molar-refractivity contribution < 1.29 is 24.0 Å². The summed E-state index contributed by atoms with van der Waals surface area (Å²) >= 11 is 0. The first-order valence-electron chi connectivity index (χ1n) is 6.63. The van der Waals surface area contributed by atoms with Crippen LogP contribution in [-0.2, 0) is 9.53 Å². The second-order valence-corrected chi connectivity index (χ2v) is 4.48. The number of carbonyl (C=O) groups excluding carboxylic acids is 2. The zero-order valence-electron chi connectivity index (χ0n) is 12.5. The molecular formula is C15H17NO6. The maximum atomic E-state index is 11.7. The monoisotopic (exact) mass is 307 g/mol. The van der Waals surface area contributed by atoms with Gasteiger partial charge in [0.1, 0.15) is 19.0 Å². The molecule has 0 aromatic heterocycles. The molecule has 1 rings (SSSR count). The minimum atomic E-state index is -0.610. The molecule has 0 aliphatic carbocycles. The SMILES string of the molecule is C=C(C)C(=O)OCCOc1ccc([N+](=O)[O-])c(C(=O)CC)c1. The van der Waals surface area contributed by atoms with Gasteiger partial charge in [0.05, 0.1) is 10.5 Å². The third-order valence-corrected chi connectivity index (χ3v) is 2.72. The van der Waals surface area contributed by atoms with E-state index in [1.165, 1.54) is 25.1 Å². The van der Waals surface area contributed by atoms with Crippen LogP contribution in [0.3, 0.4) is 0 Å². The molecule has 0 unspecified atom stereocenters. The fraction of sp³-hybridized carbons (Fsp3) is 0.333. The smallest absolute Gasteiger partial charge is 0.333 e. The van der Waals surface area contributed by atoms with Gasteiger partial charge in [-0.05, 0) is 19.1 Å². The van der Waals surface area contributed by atoms with Gasteiger partial charge in [0.2, 0.25) is 0 Å². The van der Waals surface area contributed by atoms with Crippen LogP contribution in [0.15, 0.2) is 30.4 Å². The van der Waals surface area contributed by atoms with Crippen molar-refractivity contribution in [3.05, 3.63) is 46.0 Å². The minimum Gasteiger partial charge on any atom is -0.490 e. The Hall–Kier alpha value is -2.70. The minimum absolute atomic E-state index is 0.00364. The van der Waals surface area contributed by atoms with Gasteiger partial charge < -0.3 is 9.47 Å². The zero-order chi connectivity index (χ0) is 16.7. The van der Waals surface area contributed by atoms with Gasteiger partial charge in [0.25, 0.3) is 5.69 Å². The molecule has 0 radical (unpaired) electrons. The van der Waals surface area contributed by atoms with E-state index in [1.54, 1.807) is 6.92 Å². The summed E-state index contributed by atoms with van der Waals surface area (Å²) in [6, 6.07) is 3.94. The van der Waals surface area contributed by atoms with E-state index in [9.17, 15) is 19.7 Å². The average molecular weight is 307 g/mol. The Labute approximate surface area is 127 Å². The maximum absolute atomic E-state index is 11.7. The van der Waals surface area contributed by atoms with Gasteiger partial charge >= 0.3 is 5.97 Å². The van der Waals surface area contributed by atoms with Crippen molar-refractivity contribution in [3.63, 3.8) is 0 Å². The molecule has 0 amide bonds. The van der Waals surface area contributed by atoms with Gasteiger partial charge in [-0.1, -0.05) is 13.5 Å². The van der Waals surface area contributed by atoms with Gasteiger partial charge in [-0.3, -0.25) is 14.9 Å². The number of nitro benzene ring substituents is 1. The number of hydrogen-bond donors (Lipinski definition) is 0. The summed E-state index contributed by atoms with van der Waals surface area (Å²) in [5.74, 6) is -0.561. The van der Waals surface area contributed by atoms with Crippen LogP contribution in [-0.4, -0.2) is 29.9 Å². The fourth-order valence-electron chi connectivity index (χ4n) is 1.60. The lowest BCUT2D eigenvalue weighted by molar-refractivity contribution is -0.385. The molecule has 0 atom stereocenters. The molecule has 0 saturated carbocycles. The lowest BCUT2D eigenvalue weighted by atomic mass is 10.1. The molecule has 0 N–H and O–H groups in total. The first-order chi connectivity index (χ1) is 10.4. The second kappa shape index (κ2) is 7.92. The normalized spacial score (nSPS) is 9.91. The van der Waals surface area contributed by atoms with E-state index in [-0.39, 0.29) is 42.2 Å². The molecule has 0 spiro atoms. The van der Waals surface area contributed by atoms with Crippen LogP contribution in [0.2, 0.25) is 0 Å². The Morgan fingerprint density at radius 3 is 2.55 bits per heavy atom. The van der Waals surface area contributed by atoms with E-state index >= 15 is 0 Å². The van der Waals surface area contributed by atoms with Crippen LogP contribution >= 0.6 is 0 Å². The first-order valence-corrected chi connectivity index (χ1v) is 6.63. The highest BCUT2D eigenvalue weighted by Crippen LogP contribution is 2.25. The number of rotatable bonds is 8. The van der Waals surface area contributed by atoms with Crippen LogP contribution in [0.4, 0.5) is 5.69 Å². The van der Waals surface area contributed by atoms with Crippen molar-refractivity contribution in [1.82, 2.24) is 0 Å². The Morgan fingerprint density at radius 2 is 2.00 bits per heavy atom. The maximum Gasteiger partial charge on any atom is 0.333 e. The molecule has 22 heavy (non-hydrogen) atoms. The summed E-state index contributed by atoms with van der Waals surface area (Å²) in [6.07, 6.45) is 0.153. The molecule has 0 heterocycles. The molecular weight excluding hydrogens is 290 g/mol. The van der Waals surface area contributed by atoms with Crippen LogP contribution < -0.4 is 4.74 Å². The van der Waals surface area contributed by atoms with Gasteiger partial charge in [-0.2, -0.15) is 0 Å². The second-order valence-electron chi connectivity index (χ2n) is 4.48. The third-order valence-electron chi connectivity index (χ3n) is 2.72. The standard InChI is InChI=1S/C15H17NO6/c1-4-14(17)12-9-11(5-6-13(12)16(19)20)21-7-8-22-15(18)10(2)3/h5-6,9H,2,4,7-8H2,1,3H3. The summed E-state index contributed by atoms with van der Waals surface area (Å²) < 4.78 is 10.2. The predicted molar refractivity (Wildman–Crippen MR) is 79.0 cm³/mol. The van der Waals surface area contributed by atoms with Crippen LogP contribution in [0.25, 0.3) is 0 Å². The molecule has 118 valence electrons. The van der Waals surface area contributed by atoms with E-state index in [2.05, 4.69) is 6.58 Å². The summed E-state index contributed by atoms with van der Waals surface area (Å²) in [5.41, 5.74) is 0.0306. The Kier molecular flexibility index (Phi) is 6.25. The van der Waals surface area contributed by atoms with Crippen molar-refractivity contribution in [2.45, 2.75) is 20.3 Å². The molecule has 0 fully saturated rings. The molecule has 1 aromatic carbocycles. The highest BCUT2D eigenvalue weighted by Gasteiger charge is 2.19. The van der Waals surface area contributed by atoms with Crippen molar-refractivity contribution in [1.29, 1.82) is 0 Å². The predicted octanol–water partition coefficient (Wildman–Crippen LogP) is 2.69. The van der Waals surface area contributed by atoms with Crippen molar-refractivity contribution >= 4 is 17.4 Å². The number of hydrogen-bond acceptors (Lipinski definition) is 6. The lowest BCUT2D eigenvalue weighted by Gasteiger charge is -2.08. The summed E-state index contributed by atoms with van der Waals surface area (Å²) in [5, 5.41) is 10.9. The van der Waals surface area contributed by atoms with Gasteiger partial charge in [0, 0.05) is 18.1 Å². The van der Waals surface area contributed by atoms with Gasteiger partial charge in [-0.15, -0.1) is 0 Å². The number of carbonyl (C=O) groups is 2. The number of nitrogens with zero attached hydrogens (tertiary/aromatic N) is 1. The zero-order valence-corrected chi connectivity index (χ0v) is 12.5. The van der Waals surface area contributed by atoms with Crippen LogP contribution in [0.5, 0.6) is 5.75 Å². The Balaban J connectivity index is 2.72. The molecule has 0 bridgehead atoms. The van der Waals surface area contributed by atoms with E-state index in [1.807, 2.05) is 0 Å². The lowest BCUT2D eigenvalue weighted by Crippen LogP contribution is -2.12. The van der Waals surface area contributed by atoms with Crippen molar-refractivity contribution in [3.8, 4) is 5.75 Å². The quantitative estimate of drug-likeness (QED) is 0.183.